The monoisotopic (exact) mass is 163 g/mol. The van der Waals surface area contributed by atoms with Crippen molar-refractivity contribution in [3.05, 3.63) is 36.2 Å². The predicted molar refractivity (Wildman–Crippen MR) is 49.8 cm³/mol. The molecule has 0 aliphatic rings. The van der Waals surface area contributed by atoms with E-state index in [0.29, 0.717) is 6.61 Å². The summed E-state index contributed by atoms with van der Waals surface area (Å²) in [6.07, 6.45) is 7.57. The summed E-state index contributed by atoms with van der Waals surface area (Å²) >= 11 is 0. The summed E-state index contributed by atoms with van der Waals surface area (Å²) in [5.41, 5.74) is 1.11. The molecule has 0 fully saturated rings. The number of aromatic nitrogens is 1. The van der Waals surface area contributed by atoms with Crippen LogP contribution in [0.25, 0.3) is 6.08 Å². The summed E-state index contributed by atoms with van der Waals surface area (Å²) in [4.78, 5) is 3.99. The van der Waals surface area contributed by atoms with E-state index in [4.69, 9.17) is 4.74 Å². The molecule has 0 aliphatic heterocycles. The molecule has 1 aromatic heterocycles. The van der Waals surface area contributed by atoms with Gasteiger partial charge in [-0.25, -0.2) is 0 Å². The van der Waals surface area contributed by atoms with E-state index in [-0.39, 0.29) is 0 Å². The van der Waals surface area contributed by atoms with Crippen molar-refractivity contribution in [2.24, 2.45) is 0 Å². The number of pyridine rings is 1. The van der Waals surface area contributed by atoms with Crippen LogP contribution in [0.5, 0.6) is 0 Å². The molecule has 0 spiro atoms. The van der Waals surface area contributed by atoms with Crippen LogP contribution in [0.1, 0.15) is 12.5 Å². The molecule has 0 unspecified atom stereocenters. The topological polar surface area (TPSA) is 22.1 Å². The maximum Gasteiger partial charge on any atom is 0.0650 e. The third-order valence-electron chi connectivity index (χ3n) is 1.41. The Labute approximate surface area is 72.9 Å². The molecular formula is C10H13NO. The molecule has 1 rings (SSSR count). The van der Waals surface area contributed by atoms with Crippen LogP contribution in [0.4, 0.5) is 0 Å². The van der Waals surface area contributed by atoms with E-state index in [9.17, 15) is 0 Å². The van der Waals surface area contributed by atoms with E-state index in [1.165, 1.54) is 0 Å². The van der Waals surface area contributed by atoms with Crippen LogP contribution < -0.4 is 0 Å². The first-order valence-electron chi connectivity index (χ1n) is 4.08. The van der Waals surface area contributed by atoms with Gasteiger partial charge in [-0.3, -0.25) is 4.98 Å². The van der Waals surface area contributed by atoms with Gasteiger partial charge >= 0.3 is 0 Å². The Morgan fingerprint density at radius 1 is 1.58 bits per heavy atom. The van der Waals surface area contributed by atoms with Crippen LogP contribution in [0.15, 0.2) is 30.6 Å². The number of hydrogen-bond acceptors (Lipinski definition) is 2. The van der Waals surface area contributed by atoms with Crippen molar-refractivity contribution in [1.82, 2.24) is 4.98 Å². The minimum Gasteiger partial charge on any atom is -0.378 e. The van der Waals surface area contributed by atoms with Gasteiger partial charge in [-0.2, -0.15) is 0 Å². The highest BCUT2D eigenvalue weighted by Crippen LogP contribution is 1.97. The molecule has 0 amide bonds. The fraction of sp³-hybridized carbons (Fsp3) is 0.300. The number of nitrogens with zero attached hydrogens (tertiary/aromatic N) is 1. The number of ether oxygens (including phenoxy) is 1. The lowest BCUT2D eigenvalue weighted by Gasteiger charge is -1.93. The zero-order valence-electron chi connectivity index (χ0n) is 7.23. The van der Waals surface area contributed by atoms with E-state index in [0.717, 1.165) is 12.2 Å². The lowest BCUT2D eigenvalue weighted by atomic mass is 10.3. The first-order valence-corrected chi connectivity index (χ1v) is 4.08. The van der Waals surface area contributed by atoms with Gasteiger partial charge in [0.05, 0.1) is 6.61 Å². The van der Waals surface area contributed by atoms with E-state index in [2.05, 4.69) is 4.98 Å². The van der Waals surface area contributed by atoms with Crippen LogP contribution >= 0.6 is 0 Å². The maximum atomic E-state index is 5.15. The maximum absolute atomic E-state index is 5.15. The summed E-state index contributed by atoms with van der Waals surface area (Å²) in [6, 6.07) is 3.93. The standard InChI is InChI=1S/C10H13NO/c1-2-12-8-4-6-10-5-3-7-11-9-10/h3-7,9H,2,8H2,1H3. The average Bonchev–Trinajstić information content (AvgIpc) is 2.14. The summed E-state index contributed by atoms with van der Waals surface area (Å²) in [5.74, 6) is 0. The zero-order chi connectivity index (χ0) is 8.65. The second-order valence-corrected chi connectivity index (χ2v) is 2.35. The van der Waals surface area contributed by atoms with Crippen molar-refractivity contribution in [3.63, 3.8) is 0 Å². The van der Waals surface area contributed by atoms with Crippen LogP contribution in [0.3, 0.4) is 0 Å². The van der Waals surface area contributed by atoms with Crippen LogP contribution in [-0.4, -0.2) is 18.2 Å². The largest absolute Gasteiger partial charge is 0.378 e. The van der Waals surface area contributed by atoms with Crippen molar-refractivity contribution in [2.45, 2.75) is 6.92 Å². The first kappa shape index (κ1) is 8.94. The second-order valence-electron chi connectivity index (χ2n) is 2.35. The molecule has 0 saturated carbocycles. The molecule has 2 nitrogen and oxygen atoms in total. The van der Waals surface area contributed by atoms with Crippen molar-refractivity contribution in [2.75, 3.05) is 13.2 Å². The van der Waals surface area contributed by atoms with Crippen LogP contribution in [0, 0.1) is 0 Å². The first-order chi connectivity index (χ1) is 5.93. The third kappa shape index (κ3) is 3.30. The van der Waals surface area contributed by atoms with E-state index in [1.54, 1.807) is 6.20 Å². The van der Waals surface area contributed by atoms with Gasteiger partial charge in [0, 0.05) is 19.0 Å². The van der Waals surface area contributed by atoms with E-state index >= 15 is 0 Å². The van der Waals surface area contributed by atoms with Crippen LogP contribution in [-0.2, 0) is 4.74 Å². The van der Waals surface area contributed by atoms with Gasteiger partial charge in [-0.15, -0.1) is 0 Å². The predicted octanol–water partition coefficient (Wildman–Crippen LogP) is 2.13. The molecule has 1 heterocycles. The zero-order valence-corrected chi connectivity index (χ0v) is 7.23. The van der Waals surface area contributed by atoms with Crippen LogP contribution in [0.2, 0.25) is 0 Å². The molecule has 0 saturated heterocycles. The molecule has 0 radical (unpaired) electrons. The summed E-state index contributed by atoms with van der Waals surface area (Å²) in [5, 5.41) is 0. The quantitative estimate of drug-likeness (QED) is 0.634. The molecule has 64 valence electrons. The Hall–Kier alpha value is -1.15. The minimum absolute atomic E-state index is 0.672. The lowest BCUT2D eigenvalue weighted by molar-refractivity contribution is 0.178. The Morgan fingerprint density at radius 3 is 3.17 bits per heavy atom. The minimum atomic E-state index is 0.672. The van der Waals surface area contributed by atoms with Crippen molar-refractivity contribution < 1.29 is 4.74 Å². The summed E-state index contributed by atoms with van der Waals surface area (Å²) in [7, 11) is 0. The molecule has 0 aliphatic carbocycles. The highest BCUT2D eigenvalue weighted by molar-refractivity contribution is 5.47. The molecule has 1 aromatic rings. The summed E-state index contributed by atoms with van der Waals surface area (Å²) in [6.45, 7) is 3.42. The molecule has 12 heavy (non-hydrogen) atoms. The van der Waals surface area contributed by atoms with Crippen molar-refractivity contribution in [1.29, 1.82) is 0 Å². The number of rotatable bonds is 4. The lowest BCUT2D eigenvalue weighted by Crippen LogP contribution is -1.87. The smallest absolute Gasteiger partial charge is 0.0650 e. The Morgan fingerprint density at radius 2 is 2.50 bits per heavy atom. The second kappa shape index (κ2) is 5.49. The van der Waals surface area contributed by atoms with Gasteiger partial charge in [0.1, 0.15) is 0 Å². The molecule has 0 aromatic carbocycles. The van der Waals surface area contributed by atoms with E-state index < -0.39 is 0 Å². The van der Waals surface area contributed by atoms with Gasteiger partial charge < -0.3 is 4.74 Å². The average molecular weight is 163 g/mol. The Kier molecular flexibility index (Phi) is 4.09. The molecule has 2 heteroatoms. The highest BCUT2D eigenvalue weighted by atomic mass is 16.5. The Bertz CT molecular complexity index is 231. The third-order valence-corrected chi connectivity index (χ3v) is 1.41. The Balaban J connectivity index is 2.36. The normalized spacial score (nSPS) is 10.8. The molecule has 0 N–H and O–H groups in total. The van der Waals surface area contributed by atoms with Gasteiger partial charge in [-0.05, 0) is 18.6 Å². The van der Waals surface area contributed by atoms with Gasteiger partial charge in [-0.1, -0.05) is 18.2 Å². The van der Waals surface area contributed by atoms with Crippen molar-refractivity contribution >= 4 is 6.08 Å². The van der Waals surface area contributed by atoms with Gasteiger partial charge in [0.25, 0.3) is 0 Å². The highest BCUT2D eigenvalue weighted by Gasteiger charge is 1.82. The molecule has 0 bridgehead atoms. The van der Waals surface area contributed by atoms with Gasteiger partial charge in [0.2, 0.25) is 0 Å². The molecule has 0 atom stereocenters. The molecular weight excluding hydrogens is 150 g/mol. The summed E-state index contributed by atoms with van der Waals surface area (Å²) < 4.78 is 5.15. The SMILES string of the molecule is CCOCC=Cc1cccnc1. The fourth-order valence-corrected chi connectivity index (χ4v) is 0.845. The fourth-order valence-electron chi connectivity index (χ4n) is 0.845. The number of hydrogen-bond donors (Lipinski definition) is 0. The van der Waals surface area contributed by atoms with Crippen molar-refractivity contribution in [3.8, 4) is 0 Å². The van der Waals surface area contributed by atoms with E-state index in [1.807, 2.05) is 37.4 Å². The van der Waals surface area contributed by atoms with Gasteiger partial charge in [0.15, 0.2) is 0 Å².